The number of amides is 1. The maximum atomic E-state index is 11.8. The summed E-state index contributed by atoms with van der Waals surface area (Å²) < 4.78 is 5.30. The normalized spacial score (nSPS) is 18.7. The van der Waals surface area contributed by atoms with Crippen LogP contribution < -0.4 is 0 Å². The Morgan fingerprint density at radius 3 is 2.74 bits per heavy atom. The first-order chi connectivity index (χ1) is 8.81. The van der Waals surface area contributed by atoms with Crippen molar-refractivity contribution >= 4 is 11.8 Å². The summed E-state index contributed by atoms with van der Waals surface area (Å²) in [6.07, 6.45) is 0.654. The van der Waals surface area contributed by atoms with Crippen LogP contribution in [0.5, 0.6) is 0 Å². The Kier molecular flexibility index (Phi) is 5.60. The molecule has 6 nitrogen and oxygen atoms in total. The maximum Gasteiger partial charge on any atom is 0.410 e. The van der Waals surface area contributed by atoms with E-state index in [1.807, 2.05) is 20.8 Å². The number of likely N-dealkylation sites (tertiary alicyclic amines) is 1. The van der Waals surface area contributed by atoms with E-state index in [-0.39, 0.29) is 6.09 Å². The molecule has 0 radical (unpaired) electrons. The summed E-state index contributed by atoms with van der Waals surface area (Å²) in [5.41, 5.74) is 0.611. The molecule has 0 atom stereocenters. The number of rotatable bonds is 4. The van der Waals surface area contributed by atoms with Crippen LogP contribution in [0.25, 0.3) is 0 Å². The van der Waals surface area contributed by atoms with Gasteiger partial charge in [-0.2, -0.15) is 0 Å². The van der Waals surface area contributed by atoms with Crippen LogP contribution in [0.4, 0.5) is 4.79 Å². The van der Waals surface area contributed by atoms with Crippen molar-refractivity contribution in [3.8, 4) is 0 Å². The van der Waals surface area contributed by atoms with Crippen LogP contribution in [0.1, 0.15) is 27.2 Å². The molecule has 0 saturated carbocycles. The summed E-state index contributed by atoms with van der Waals surface area (Å²) in [7, 11) is 3.32. The van der Waals surface area contributed by atoms with Gasteiger partial charge in [0.2, 0.25) is 0 Å². The zero-order valence-electron chi connectivity index (χ0n) is 12.6. The summed E-state index contributed by atoms with van der Waals surface area (Å²) in [4.78, 5) is 20.4. The molecule has 1 saturated heterocycles. The maximum absolute atomic E-state index is 11.8. The van der Waals surface area contributed by atoms with Crippen molar-refractivity contribution in [3.63, 3.8) is 0 Å². The van der Waals surface area contributed by atoms with Crippen molar-refractivity contribution in [2.24, 2.45) is 5.16 Å². The number of hydrogen-bond acceptors (Lipinski definition) is 5. The Morgan fingerprint density at radius 1 is 1.47 bits per heavy atom. The van der Waals surface area contributed by atoms with Gasteiger partial charge >= 0.3 is 6.09 Å². The van der Waals surface area contributed by atoms with E-state index in [9.17, 15) is 4.79 Å². The first-order valence-corrected chi connectivity index (χ1v) is 6.57. The van der Waals surface area contributed by atoms with Crippen molar-refractivity contribution < 1.29 is 14.4 Å². The smallest absolute Gasteiger partial charge is 0.410 e. The van der Waals surface area contributed by atoms with Crippen LogP contribution in [0.3, 0.4) is 0 Å². The Morgan fingerprint density at radius 2 is 2.16 bits per heavy atom. The van der Waals surface area contributed by atoms with Gasteiger partial charge < -0.3 is 14.5 Å². The van der Waals surface area contributed by atoms with Gasteiger partial charge in [-0.25, -0.2) is 4.79 Å². The molecule has 1 aliphatic rings. The first kappa shape index (κ1) is 15.8. The number of hydrogen-bond donors (Lipinski definition) is 0. The monoisotopic (exact) mass is 271 g/mol. The molecule has 0 aromatic rings. The molecule has 0 aliphatic carbocycles. The van der Waals surface area contributed by atoms with E-state index in [2.05, 4.69) is 10.1 Å². The van der Waals surface area contributed by atoms with E-state index in [1.165, 1.54) is 0 Å². The van der Waals surface area contributed by atoms with E-state index in [1.54, 1.807) is 19.1 Å². The van der Waals surface area contributed by atoms with E-state index in [0.717, 1.165) is 31.8 Å². The van der Waals surface area contributed by atoms with E-state index in [4.69, 9.17) is 9.57 Å². The quantitative estimate of drug-likeness (QED) is 0.728. The number of ether oxygens (including phenoxy) is 1. The Bertz CT molecular complexity index is 337. The SMILES string of the molecule is CO/N=C1\CCN(CCN(C)C(=O)OC(C)(C)C)C1. The third kappa shape index (κ3) is 5.92. The zero-order valence-corrected chi connectivity index (χ0v) is 12.6. The zero-order chi connectivity index (χ0) is 14.5. The highest BCUT2D eigenvalue weighted by Gasteiger charge is 2.22. The number of carbonyl (C=O) groups excluding carboxylic acids is 1. The molecule has 1 fully saturated rings. The van der Waals surface area contributed by atoms with Gasteiger partial charge in [-0.15, -0.1) is 0 Å². The van der Waals surface area contributed by atoms with Crippen LogP contribution in [0.2, 0.25) is 0 Å². The van der Waals surface area contributed by atoms with Gasteiger partial charge in [-0.1, -0.05) is 5.16 Å². The Balaban J connectivity index is 2.29. The minimum atomic E-state index is -0.447. The lowest BCUT2D eigenvalue weighted by molar-refractivity contribution is 0.0287. The predicted octanol–water partition coefficient (Wildman–Crippen LogP) is 1.56. The number of nitrogens with zero attached hydrogens (tertiary/aromatic N) is 3. The lowest BCUT2D eigenvalue weighted by atomic mass is 10.2. The lowest BCUT2D eigenvalue weighted by Crippen LogP contribution is -2.38. The molecule has 1 heterocycles. The minimum absolute atomic E-state index is 0.280. The molecule has 1 amide bonds. The third-order valence-corrected chi connectivity index (χ3v) is 2.80. The highest BCUT2D eigenvalue weighted by Crippen LogP contribution is 2.10. The van der Waals surface area contributed by atoms with Gasteiger partial charge in [0.05, 0.1) is 5.71 Å². The van der Waals surface area contributed by atoms with E-state index >= 15 is 0 Å². The standard InChI is InChI=1S/C13H25N3O3/c1-13(2,3)19-12(17)15(4)8-9-16-7-6-11(10-16)14-18-5/h6-10H2,1-5H3/b14-11+. The van der Waals surface area contributed by atoms with Gasteiger partial charge in [-0.3, -0.25) is 4.90 Å². The van der Waals surface area contributed by atoms with Crippen molar-refractivity contribution in [3.05, 3.63) is 0 Å². The van der Waals surface area contributed by atoms with Crippen molar-refractivity contribution in [1.29, 1.82) is 0 Å². The molecule has 19 heavy (non-hydrogen) atoms. The summed E-state index contributed by atoms with van der Waals surface area (Å²) in [5, 5.41) is 3.95. The van der Waals surface area contributed by atoms with Crippen molar-refractivity contribution in [1.82, 2.24) is 9.80 Å². The fourth-order valence-electron chi connectivity index (χ4n) is 1.82. The third-order valence-electron chi connectivity index (χ3n) is 2.80. The molecular formula is C13H25N3O3. The summed E-state index contributed by atoms with van der Waals surface area (Å²) >= 11 is 0. The molecule has 1 rings (SSSR count). The summed E-state index contributed by atoms with van der Waals surface area (Å²) in [5.74, 6) is 0. The van der Waals surface area contributed by atoms with Crippen LogP contribution in [0, 0.1) is 0 Å². The van der Waals surface area contributed by atoms with E-state index < -0.39 is 5.60 Å². The van der Waals surface area contributed by atoms with Crippen LogP contribution in [-0.2, 0) is 9.57 Å². The predicted molar refractivity (Wildman–Crippen MR) is 74.4 cm³/mol. The van der Waals surface area contributed by atoms with Crippen LogP contribution in [-0.4, -0.2) is 67.5 Å². The van der Waals surface area contributed by atoms with Gasteiger partial charge in [0.25, 0.3) is 0 Å². The molecule has 6 heteroatoms. The highest BCUT2D eigenvalue weighted by molar-refractivity contribution is 5.87. The van der Waals surface area contributed by atoms with Crippen molar-refractivity contribution in [2.45, 2.75) is 32.8 Å². The summed E-state index contributed by atoms with van der Waals surface area (Å²) in [6.45, 7) is 8.85. The average Bonchev–Trinajstić information content (AvgIpc) is 2.72. The van der Waals surface area contributed by atoms with E-state index in [0.29, 0.717) is 6.54 Å². The fourth-order valence-corrected chi connectivity index (χ4v) is 1.82. The number of carbonyl (C=O) groups is 1. The van der Waals surface area contributed by atoms with Crippen molar-refractivity contribution in [2.75, 3.05) is 40.3 Å². The highest BCUT2D eigenvalue weighted by atomic mass is 16.6. The van der Waals surface area contributed by atoms with Crippen LogP contribution in [0.15, 0.2) is 5.16 Å². The summed E-state index contributed by atoms with van der Waals surface area (Å²) in [6, 6.07) is 0. The molecule has 0 N–H and O–H groups in total. The first-order valence-electron chi connectivity index (χ1n) is 6.57. The topological polar surface area (TPSA) is 54.4 Å². The van der Waals surface area contributed by atoms with Crippen LogP contribution >= 0.6 is 0 Å². The van der Waals surface area contributed by atoms with Gasteiger partial charge in [0.15, 0.2) is 0 Å². The van der Waals surface area contributed by atoms with Gasteiger partial charge in [0, 0.05) is 39.6 Å². The Labute approximate surface area is 115 Å². The molecule has 0 aromatic carbocycles. The molecule has 110 valence electrons. The molecule has 1 aliphatic heterocycles. The second-order valence-electron chi connectivity index (χ2n) is 5.77. The minimum Gasteiger partial charge on any atom is -0.444 e. The second-order valence-corrected chi connectivity index (χ2v) is 5.77. The van der Waals surface area contributed by atoms with Gasteiger partial charge in [0.1, 0.15) is 12.7 Å². The number of likely N-dealkylation sites (N-methyl/N-ethyl adjacent to an activating group) is 1. The average molecular weight is 271 g/mol. The number of oxime groups is 1. The fraction of sp³-hybridized carbons (Fsp3) is 0.846. The molecule has 0 spiro atoms. The van der Waals surface area contributed by atoms with Gasteiger partial charge in [-0.05, 0) is 20.8 Å². The Hall–Kier alpha value is -1.30. The molecular weight excluding hydrogens is 246 g/mol. The molecule has 0 unspecified atom stereocenters. The molecule has 0 aromatic heterocycles. The largest absolute Gasteiger partial charge is 0.444 e. The lowest BCUT2D eigenvalue weighted by Gasteiger charge is -2.26. The molecule has 0 bridgehead atoms. The second kappa shape index (κ2) is 6.75.